The third-order valence-corrected chi connectivity index (χ3v) is 3.27. The number of rotatable bonds is 2. The number of hydrogen-bond donors (Lipinski definition) is 2. The van der Waals surface area contributed by atoms with Crippen molar-refractivity contribution in [2.75, 3.05) is 5.73 Å². The maximum absolute atomic E-state index is 13.0. The number of halogens is 4. The molecule has 2 aromatic rings. The summed E-state index contributed by atoms with van der Waals surface area (Å²) in [5.74, 6) is -0.00366. The Morgan fingerprint density at radius 3 is 2.50 bits per heavy atom. The lowest BCUT2D eigenvalue weighted by molar-refractivity contribution is -0.139. The number of nitrogens with zero attached hydrogens (tertiary/aromatic N) is 1. The molecule has 2 rings (SSSR count). The summed E-state index contributed by atoms with van der Waals surface area (Å²) in [7, 11) is 0. The fourth-order valence-electron chi connectivity index (χ4n) is 1.84. The second-order valence-electron chi connectivity index (χ2n) is 4.11. The summed E-state index contributed by atoms with van der Waals surface area (Å²) in [6, 6.07) is 6.51. The maximum Gasteiger partial charge on any atom is 0.416 e. The summed E-state index contributed by atoms with van der Waals surface area (Å²) < 4.78 is 39.4. The Morgan fingerprint density at radius 1 is 1.20 bits per heavy atom. The molecule has 0 fully saturated rings. The van der Waals surface area contributed by atoms with E-state index >= 15 is 0 Å². The average Bonchev–Trinajstić information content (AvgIpc) is 2.37. The molecule has 0 radical (unpaired) electrons. The number of aromatic nitrogens is 1. The van der Waals surface area contributed by atoms with Gasteiger partial charge in [0.1, 0.15) is 11.9 Å². The van der Waals surface area contributed by atoms with Gasteiger partial charge in [-0.3, -0.25) is 0 Å². The van der Waals surface area contributed by atoms with Crippen molar-refractivity contribution in [3.63, 3.8) is 0 Å². The lowest BCUT2D eigenvalue weighted by Gasteiger charge is -2.19. The van der Waals surface area contributed by atoms with Crippen LogP contribution in [0.1, 0.15) is 22.8 Å². The normalized spacial score (nSPS) is 13.2. The summed E-state index contributed by atoms with van der Waals surface area (Å²) in [5.41, 5.74) is 4.55. The van der Waals surface area contributed by atoms with E-state index in [4.69, 9.17) is 5.73 Å². The van der Waals surface area contributed by atoms with Gasteiger partial charge in [-0.05, 0) is 23.8 Å². The van der Waals surface area contributed by atoms with Crippen LogP contribution < -0.4 is 5.73 Å². The Balaban J connectivity index is 2.56. The van der Waals surface area contributed by atoms with Gasteiger partial charge in [-0.15, -0.1) is 0 Å². The minimum atomic E-state index is -4.57. The van der Waals surface area contributed by atoms with Crippen LogP contribution in [-0.4, -0.2) is 10.1 Å². The fraction of sp³-hybridized carbons (Fsp3) is 0.154. The molecule has 0 bridgehead atoms. The Labute approximate surface area is 121 Å². The third-order valence-electron chi connectivity index (χ3n) is 2.78. The summed E-state index contributed by atoms with van der Waals surface area (Å²) in [4.78, 5) is 3.76. The molecule has 0 amide bonds. The Kier molecular flexibility index (Phi) is 4.01. The molecule has 0 saturated carbocycles. The van der Waals surface area contributed by atoms with E-state index in [9.17, 15) is 18.3 Å². The first-order valence-corrected chi connectivity index (χ1v) is 6.35. The van der Waals surface area contributed by atoms with E-state index in [1.807, 2.05) is 0 Å². The van der Waals surface area contributed by atoms with Gasteiger partial charge in [-0.1, -0.05) is 28.1 Å². The first kappa shape index (κ1) is 14.8. The van der Waals surface area contributed by atoms with Gasteiger partial charge >= 0.3 is 6.18 Å². The highest BCUT2D eigenvalue weighted by atomic mass is 79.9. The Hall–Kier alpha value is -1.60. The average molecular weight is 347 g/mol. The highest BCUT2D eigenvalue weighted by Gasteiger charge is 2.35. The summed E-state index contributed by atoms with van der Waals surface area (Å²) >= 11 is 2.99. The van der Waals surface area contributed by atoms with Crippen molar-refractivity contribution in [1.29, 1.82) is 0 Å². The molecule has 1 atom stereocenters. The molecular weight excluding hydrogens is 337 g/mol. The molecule has 106 valence electrons. The lowest BCUT2D eigenvalue weighted by atomic mass is 9.97. The van der Waals surface area contributed by atoms with Crippen LogP contribution in [0.25, 0.3) is 0 Å². The van der Waals surface area contributed by atoms with Crippen LogP contribution in [0.5, 0.6) is 0 Å². The van der Waals surface area contributed by atoms with Crippen LogP contribution in [0.15, 0.2) is 41.0 Å². The standard InChI is InChI=1S/C13H10BrF3N2O/c14-7-3-4-8(10(6-7)13(15,16)17)11(20)9-2-1-5-19-12(9)18/h1-6,11,20H,(H2,18,19). The Morgan fingerprint density at radius 2 is 1.90 bits per heavy atom. The molecule has 0 spiro atoms. The van der Waals surface area contributed by atoms with Gasteiger partial charge in [0, 0.05) is 16.2 Å². The van der Waals surface area contributed by atoms with E-state index in [1.54, 1.807) is 0 Å². The number of anilines is 1. The largest absolute Gasteiger partial charge is 0.416 e. The number of alkyl halides is 3. The number of pyridine rings is 1. The number of hydrogen-bond acceptors (Lipinski definition) is 3. The predicted octanol–water partition coefficient (Wildman–Crippen LogP) is 3.53. The van der Waals surface area contributed by atoms with Gasteiger partial charge in [0.05, 0.1) is 5.56 Å². The van der Waals surface area contributed by atoms with Crippen molar-refractivity contribution in [1.82, 2.24) is 4.98 Å². The van der Waals surface area contributed by atoms with E-state index in [1.165, 1.54) is 30.5 Å². The van der Waals surface area contributed by atoms with Gasteiger partial charge in [-0.25, -0.2) is 4.98 Å². The molecule has 0 saturated heterocycles. The topological polar surface area (TPSA) is 59.1 Å². The quantitative estimate of drug-likeness (QED) is 0.874. The summed E-state index contributed by atoms with van der Waals surface area (Å²) in [6.07, 6.45) is -4.66. The zero-order valence-corrected chi connectivity index (χ0v) is 11.6. The summed E-state index contributed by atoms with van der Waals surface area (Å²) in [6.45, 7) is 0. The van der Waals surface area contributed by atoms with Crippen LogP contribution in [0.3, 0.4) is 0 Å². The zero-order chi connectivity index (χ0) is 14.9. The molecule has 7 heteroatoms. The molecule has 0 aliphatic rings. The molecule has 0 aliphatic carbocycles. The highest BCUT2D eigenvalue weighted by Crippen LogP contribution is 2.38. The Bertz CT molecular complexity index is 631. The van der Waals surface area contributed by atoms with Crippen LogP contribution in [-0.2, 0) is 6.18 Å². The third kappa shape index (κ3) is 2.94. The molecule has 3 N–H and O–H groups in total. The number of aliphatic hydroxyl groups is 1. The van der Waals surface area contributed by atoms with Crippen LogP contribution >= 0.6 is 15.9 Å². The molecular formula is C13H10BrF3N2O. The SMILES string of the molecule is Nc1ncccc1C(O)c1ccc(Br)cc1C(F)(F)F. The van der Waals surface area contributed by atoms with Crippen LogP contribution in [0.2, 0.25) is 0 Å². The second-order valence-corrected chi connectivity index (χ2v) is 5.03. The minimum Gasteiger partial charge on any atom is -0.384 e. The minimum absolute atomic E-state index is 0.00366. The first-order valence-electron chi connectivity index (χ1n) is 5.56. The monoisotopic (exact) mass is 346 g/mol. The maximum atomic E-state index is 13.0. The van der Waals surface area contributed by atoms with Crippen LogP contribution in [0, 0.1) is 0 Å². The predicted molar refractivity (Wildman–Crippen MR) is 71.9 cm³/mol. The zero-order valence-electron chi connectivity index (χ0n) is 10.0. The number of nitrogens with two attached hydrogens (primary N) is 1. The van der Waals surface area contributed by atoms with Crippen molar-refractivity contribution < 1.29 is 18.3 Å². The summed E-state index contributed by atoms with van der Waals surface area (Å²) in [5, 5.41) is 10.2. The van der Waals surface area contributed by atoms with Crippen LogP contribution in [0.4, 0.5) is 19.0 Å². The van der Waals surface area contributed by atoms with Gasteiger partial charge in [-0.2, -0.15) is 13.2 Å². The van der Waals surface area contributed by atoms with Crippen molar-refractivity contribution in [3.8, 4) is 0 Å². The number of benzene rings is 1. The van der Waals surface area contributed by atoms with Crippen molar-refractivity contribution in [3.05, 3.63) is 57.7 Å². The van der Waals surface area contributed by atoms with Gasteiger partial charge in [0.15, 0.2) is 0 Å². The number of aliphatic hydroxyl groups excluding tert-OH is 1. The lowest BCUT2D eigenvalue weighted by Crippen LogP contribution is -2.14. The van der Waals surface area contributed by atoms with E-state index in [2.05, 4.69) is 20.9 Å². The molecule has 1 aromatic heterocycles. The van der Waals surface area contributed by atoms with Crippen molar-refractivity contribution in [2.45, 2.75) is 12.3 Å². The van der Waals surface area contributed by atoms with Crippen molar-refractivity contribution in [2.24, 2.45) is 0 Å². The highest BCUT2D eigenvalue weighted by molar-refractivity contribution is 9.10. The van der Waals surface area contributed by atoms with E-state index in [-0.39, 0.29) is 21.4 Å². The van der Waals surface area contributed by atoms with E-state index in [0.717, 1.165) is 6.07 Å². The van der Waals surface area contributed by atoms with Gasteiger partial charge < -0.3 is 10.8 Å². The molecule has 20 heavy (non-hydrogen) atoms. The van der Waals surface area contributed by atoms with E-state index < -0.39 is 17.8 Å². The fourth-order valence-corrected chi connectivity index (χ4v) is 2.20. The molecule has 3 nitrogen and oxygen atoms in total. The molecule has 1 heterocycles. The molecule has 1 aromatic carbocycles. The number of nitrogen functional groups attached to an aromatic ring is 1. The van der Waals surface area contributed by atoms with E-state index in [0.29, 0.717) is 0 Å². The first-order chi connectivity index (χ1) is 9.30. The smallest absolute Gasteiger partial charge is 0.384 e. The van der Waals surface area contributed by atoms with Gasteiger partial charge in [0.2, 0.25) is 0 Å². The molecule has 1 unspecified atom stereocenters. The van der Waals surface area contributed by atoms with Gasteiger partial charge in [0.25, 0.3) is 0 Å². The molecule has 0 aliphatic heterocycles. The van der Waals surface area contributed by atoms with Crippen molar-refractivity contribution >= 4 is 21.7 Å². The second kappa shape index (κ2) is 5.41.